The normalized spacial score (nSPS) is 11.1. The zero-order valence-corrected chi connectivity index (χ0v) is 13.6. The molecular weight excluding hydrogens is 316 g/mol. The van der Waals surface area contributed by atoms with E-state index in [0.29, 0.717) is 5.92 Å². The highest BCUT2D eigenvalue weighted by Crippen LogP contribution is 2.19. The number of pyridine rings is 1. The van der Waals surface area contributed by atoms with Crippen molar-refractivity contribution < 1.29 is 0 Å². The van der Waals surface area contributed by atoms with E-state index in [9.17, 15) is 0 Å². The molecule has 2 heterocycles. The van der Waals surface area contributed by atoms with Crippen LogP contribution in [0.15, 0.2) is 29.0 Å². The number of rotatable bonds is 5. The quantitative estimate of drug-likeness (QED) is 0.910. The summed E-state index contributed by atoms with van der Waals surface area (Å²) in [6, 6.07) is 4.00. The number of nitrogens with zero attached hydrogens (tertiary/aromatic N) is 3. The second kappa shape index (κ2) is 6.90. The molecule has 1 N–H and O–H groups in total. The van der Waals surface area contributed by atoms with Crippen molar-refractivity contribution >= 4 is 15.9 Å². The van der Waals surface area contributed by atoms with Crippen molar-refractivity contribution in [3.63, 3.8) is 0 Å². The fraction of sp³-hybridized carbons (Fsp3) is 0.400. The first kappa shape index (κ1) is 15.1. The molecule has 0 spiro atoms. The van der Waals surface area contributed by atoms with Crippen LogP contribution in [-0.2, 0) is 6.54 Å². The van der Waals surface area contributed by atoms with Crippen LogP contribution in [0.2, 0.25) is 0 Å². The van der Waals surface area contributed by atoms with Crippen LogP contribution in [0.25, 0.3) is 11.4 Å². The van der Waals surface area contributed by atoms with Gasteiger partial charge in [0.15, 0.2) is 5.82 Å². The maximum atomic E-state index is 4.61. The van der Waals surface area contributed by atoms with Crippen molar-refractivity contribution in [2.24, 2.45) is 5.92 Å². The molecular formula is C15H19BrN4. The first-order valence-electron chi connectivity index (χ1n) is 6.71. The van der Waals surface area contributed by atoms with Crippen LogP contribution in [0.4, 0.5) is 0 Å². The zero-order chi connectivity index (χ0) is 14.5. The van der Waals surface area contributed by atoms with Crippen LogP contribution in [0, 0.1) is 12.8 Å². The van der Waals surface area contributed by atoms with Crippen molar-refractivity contribution in [3.05, 3.63) is 40.4 Å². The van der Waals surface area contributed by atoms with Crippen LogP contribution in [0.1, 0.15) is 25.2 Å². The number of aromatic nitrogens is 3. The minimum absolute atomic E-state index is 0.631. The van der Waals surface area contributed by atoms with Gasteiger partial charge < -0.3 is 5.32 Å². The van der Waals surface area contributed by atoms with Gasteiger partial charge in [0, 0.05) is 34.7 Å². The van der Waals surface area contributed by atoms with E-state index >= 15 is 0 Å². The van der Waals surface area contributed by atoms with Gasteiger partial charge in [-0.1, -0.05) is 13.8 Å². The first-order chi connectivity index (χ1) is 9.54. The van der Waals surface area contributed by atoms with Gasteiger partial charge in [-0.2, -0.15) is 0 Å². The van der Waals surface area contributed by atoms with Crippen LogP contribution in [-0.4, -0.2) is 21.5 Å². The summed E-state index contributed by atoms with van der Waals surface area (Å²) in [6.45, 7) is 8.11. The monoisotopic (exact) mass is 334 g/mol. The molecule has 0 aromatic carbocycles. The highest BCUT2D eigenvalue weighted by atomic mass is 79.9. The fourth-order valence-corrected chi connectivity index (χ4v) is 2.24. The van der Waals surface area contributed by atoms with Gasteiger partial charge in [-0.05, 0) is 47.4 Å². The number of nitrogens with one attached hydrogen (secondary N) is 1. The molecule has 0 aliphatic carbocycles. The van der Waals surface area contributed by atoms with E-state index in [2.05, 4.69) is 50.0 Å². The Balaban J connectivity index is 2.20. The second-order valence-corrected chi connectivity index (χ2v) is 6.16. The van der Waals surface area contributed by atoms with Gasteiger partial charge in [0.25, 0.3) is 0 Å². The standard InChI is InChI=1S/C15H19BrN4/c1-10(2)6-17-9-14-4-11(3)19-15(20-14)12-5-13(16)8-18-7-12/h4-5,7-8,10,17H,6,9H2,1-3H3. The molecule has 5 heteroatoms. The minimum Gasteiger partial charge on any atom is -0.311 e. The summed E-state index contributed by atoms with van der Waals surface area (Å²) in [6.07, 6.45) is 3.54. The number of hydrogen-bond acceptors (Lipinski definition) is 4. The highest BCUT2D eigenvalue weighted by molar-refractivity contribution is 9.10. The van der Waals surface area contributed by atoms with Gasteiger partial charge >= 0.3 is 0 Å². The largest absolute Gasteiger partial charge is 0.311 e. The lowest BCUT2D eigenvalue weighted by atomic mass is 10.2. The predicted octanol–water partition coefficient (Wildman–Crippen LogP) is 3.36. The average Bonchev–Trinajstić information content (AvgIpc) is 2.37. The third-order valence-electron chi connectivity index (χ3n) is 2.73. The van der Waals surface area contributed by atoms with Gasteiger partial charge in [0.1, 0.15) is 0 Å². The lowest BCUT2D eigenvalue weighted by Crippen LogP contribution is -2.20. The summed E-state index contributed by atoms with van der Waals surface area (Å²) in [5.41, 5.74) is 2.90. The SMILES string of the molecule is Cc1cc(CNCC(C)C)nc(-c2cncc(Br)c2)n1. The maximum absolute atomic E-state index is 4.61. The van der Waals surface area contributed by atoms with E-state index in [0.717, 1.165) is 40.3 Å². The Morgan fingerprint density at radius 1 is 1.20 bits per heavy atom. The summed E-state index contributed by atoms with van der Waals surface area (Å²) in [5, 5.41) is 3.40. The summed E-state index contributed by atoms with van der Waals surface area (Å²) >= 11 is 3.42. The average molecular weight is 335 g/mol. The third-order valence-corrected chi connectivity index (χ3v) is 3.16. The van der Waals surface area contributed by atoms with E-state index in [4.69, 9.17) is 0 Å². The Hall–Kier alpha value is -1.33. The van der Waals surface area contributed by atoms with Crippen molar-refractivity contribution in [2.75, 3.05) is 6.54 Å². The van der Waals surface area contributed by atoms with Gasteiger partial charge in [-0.3, -0.25) is 4.98 Å². The molecule has 0 saturated heterocycles. The van der Waals surface area contributed by atoms with Crippen LogP contribution >= 0.6 is 15.9 Å². The molecule has 0 fully saturated rings. The van der Waals surface area contributed by atoms with Crippen molar-refractivity contribution in [1.29, 1.82) is 0 Å². The molecule has 4 nitrogen and oxygen atoms in total. The molecule has 0 atom stereocenters. The zero-order valence-electron chi connectivity index (χ0n) is 12.0. The maximum Gasteiger partial charge on any atom is 0.161 e. The van der Waals surface area contributed by atoms with Crippen LogP contribution in [0.5, 0.6) is 0 Å². The van der Waals surface area contributed by atoms with Crippen molar-refractivity contribution in [3.8, 4) is 11.4 Å². The smallest absolute Gasteiger partial charge is 0.161 e. The highest BCUT2D eigenvalue weighted by Gasteiger charge is 2.06. The Kier molecular flexibility index (Phi) is 5.20. The summed E-state index contributed by atoms with van der Waals surface area (Å²) < 4.78 is 0.930. The Labute approximate surface area is 128 Å². The third kappa shape index (κ3) is 4.35. The summed E-state index contributed by atoms with van der Waals surface area (Å²) in [7, 11) is 0. The Morgan fingerprint density at radius 2 is 2.00 bits per heavy atom. The topological polar surface area (TPSA) is 50.7 Å². The molecule has 2 aromatic heterocycles. The lowest BCUT2D eigenvalue weighted by Gasteiger charge is -2.09. The van der Waals surface area contributed by atoms with Gasteiger partial charge in [-0.25, -0.2) is 9.97 Å². The second-order valence-electron chi connectivity index (χ2n) is 5.24. The molecule has 0 saturated carbocycles. The minimum atomic E-state index is 0.631. The van der Waals surface area contributed by atoms with Crippen LogP contribution in [0.3, 0.4) is 0 Å². The molecule has 0 radical (unpaired) electrons. The summed E-state index contributed by atoms with van der Waals surface area (Å²) in [5.74, 6) is 1.35. The summed E-state index contributed by atoms with van der Waals surface area (Å²) in [4.78, 5) is 13.3. The first-order valence-corrected chi connectivity index (χ1v) is 7.50. The van der Waals surface area contributed by atoms with E-state index in [1.54, 1.807) is 12.4 Å². The predicted molar refractivity (Wildman–Crippen MR) is 84.2 cm³/mol. The van der Waals surface area contributed by atoms with E-state index in [1.807, 2.05) is 19.1 Å². The number of hydrogen-bond donors (Lipinski definition) is 1. The number of halogens is 1. The van der Waals surface area contributed by atoms with E-state index in [-0.39, 0.29) is 0 Å². The molecule has 0 aliphatic heterocycles. The molecule has 0 amide bonds. The van der Waals surface area contributed by atoms with Crippen molar-refractivity contribution in [1.82, 2.24) is 20.3 Å². The molecule has 0 aliphatic rings. The fourth-order valence-electron chi connectivity index (χ4n) is 1.88. The van der Waals surface area contributed by atoms with E-state index in [1.165, 1.54) is 0 Å². The lowest BCUT2D eigenvalue weighted by molar-refractivity contribution is 0.548. The Bertz CT molecular complexity index is 584. The molecule has 0 unspecified atom stereocenters. The molecule has 2 aromatic rings. The molecule has 0 bridgehead atoms. The number of aryl methyl sites for hydroxylation is 1. The van der Waals surface area contributed by atoms with Gasteiger partial charge in [-0.15, -0.1) is 0 Å². The van der Waals surface area contributed by atoms with Gasteiger partial charge in [0.2, 0.25) is 0 Å². The Morgan fingerprint density at radius 3 is 2.70 bits per heavy atom. The van der Waals surface area contributed by atoms with Crippen LogP contribution < -0.4 is 5.32 Å². The van der Waals surface area contributed by atoms with Gasteiger partial charge in [0.05, 0.1) is 5.69 Å². The molecule has 106 valence electrons. The van der Waals surface area contributed by atoms with Crippen molar-refractivity contribution in [2.45, 2.75) is 27.3 Å². The molecule has 2 rings (SSSR count). The van der Waals surface area contributed by atoms with E-state index < -0.39 is 0 Å². The molecule has 20 heavy (non-hydrogen) atoms.